The van der Waals surface area contributed by atoms with Crippen LogP contribution in [0.25, 0.3) is 11.4 Å². The number of halogens is 6. The molecule has 4 nitrogen and oxygen atoms in total. The largest absolute Gasteiger partial charge is 0.471 e. The Morgan fingerprint density at radius 3 is 2.10 bits per heavy atom. The molecule has 0 saturated heterocycles. The third-order valence-corrected chi connectivity index (χ3v) is 2.22. The smallest absolute Gasteiger partial charge is 0.383 e. The number of nitrogens with zero attached hydrogens (tertiary/aromatic N) is 2. The minimum atomic E-state index is -4.81. The maximum atomic E-state index is 13.4. The van der Waals surface area contributed by atoms with Crippen LogP contribution in [-0.4, -0.2) is 17.2 Å². The number of anilines is 1. The fourth-order valence-corrected chi connectivity index (χ4v) is 1.40. The lowest BCUT2D eigenvalue weighted by atomic mass is 10.1. The van der Waals surface area contributed by atoms with Gasteiger partial charge in [0.1, 0.15) is 17.3 Å². The number of rotatable bonds is 2. The van der Waals surface area contributed by atoms with Gasteiger partial charge < -0.3 is 9.84 Å². The van der Waals surface area contributed by atoms with Gasteiger partial charge in [0.2, 0.25) is 5.82 Å². The fourth-order valence-electron chi connectivity index (χ4n) is 1.40. The first-order valence-electron chi connectivity index (χ1n) is 4.91. The van der Waals surface area contributed by atoms with Gasteiger partial charge in [-0.3, -0.25) is 0 Å². The van der Waals surface area contributed by atoms with Crippen LogP contribution in [-0.2, 0) is 6.18 Å². The summed E-state index contributed by atoms with van der Waals surface area (Å²) in [4.78, 5) is 3.03. The van der Waals surface area contributed by atoms with Crippen molar-refractivity contribution in [2.24, 2.45) is 0 Å². The number of hydrogen-bond acceptors (Lipinski definition) is 4. The molecule has 1 aromatic heterocycles. The Labute approximate surface area is 115 Å². The average molecular weight is 316 g/mol. The van der Waals surface area contributed by atoms with Crippen LogP contribution >= 0.6 is 12.4 Å². The molecule has 0 spiro atoms. The second-order valence-corrected chi connectivity index (χ2v) is 3.49. The Morgan fingerprint density at radius 1 is 1.15 bits per heavy atom. The molecule has 0 saturated carbocycles. The summed E-state index contributed by atoms with van der Waals surface area (Å²) >= 11 is 0. The van der Waals surface area contributed by atoms with E-state index in [1.54, 1.807) is 0 Å². The third kappa shape index (κ3) is 2.98. The Kier molecular flexibility index (Phi) is 4.53. The number of aromatic nitrogens is 2. The summed E-state index contributed by atoms with van der Waals surface area (Å²) < 4.78 is 67.5. The molecule has 0 atom stereocenters. The van der Waals surface area contributed by atoms with Crippen LogP contribution in [0, 0.1) is 11.6 Å². The van der Waals surface area contributed by atoms with Gasteiger partial charge in [-0.05, 0) is 12.1 Å². The molecule has 1 aromatic carbocycles. The van der Waals surface area contributed by atoms with E-state index < -0.39 is 35.2 Å². The highest BCUT2D eigenvalue weighted by molar-refractivity contribution is 5.85. The summed E-state index contributed by atoms with van der Waals surface area (Å²) in [7, 11) is 1.30. The molecule has 0 bridgehead atoms. The molecule has 0 radical (unpaired) electrons. The predicted octanol–water partition coefficient (Wildman–Crippen LogP) is 3.50. The monoisotopic (exact) mass is 315 g/mol. The SMILES string of the molecule is CNc1c(F)cc(-c2noc(C(F)(F)F)n2)cc1F.Cl. The molecule has 0 aliphatic heterocycles. The highest BCUT2D eigenvalue weighted by Crippen LogP contribution is 2.30. The van der Waals surface area contributed by atoms with E-state index >= 15 is 0 Å². The zero-order valence-electron chi connectivity index (χ0n) is 9.76. The number of alkyl halides is 3. The van der Waals surface area contributed by atoms with E-state index in [1.807, 2.05) is 0 Å². The molecular weight excluding hydrogens is 309 g/mol. The van der Waals surface area contributed by atoms with Gasteiger partial charge in [0.05, 0.1) is 0 Å². The molecule has 2 rings (SSSR count). The molecule has 1 N–H and O–H groups in total. The van der Waals surface area contributed by atoms with Crippen LogP contribution in [0.2, 0.25) is 0 Å². The Hall–Kier alpha value is -1.90. The maximum Gasteiger partial charge on any atom is 0.471 e. The molecular formula is C10H7ClF5N3O. The quantitative estimate of drug-likeness (QED) is 0.862. The molecule has 0 fully saturated rings. The van der Waals surface area contributed by atoms with Crippen molar-refractivity contribution in [3.63, 3.8) is 0 Å². The zero-order chi connectivity index (χ0) is 14.2. The van der Waals surface area contributed by atoms with Crippen molar-refractivity contribution >= 4 is 18.1 Å². The van der Waals surface area contributed by atoms with Gasteiger partial charge >= 0.3 is 12.1 Å². The zero-order valence-corrected chi connectivity index (χ0v) is 10.6. The molecule has 0 unspecified atom stereocenters. The Bertz CT molecular complexity index is 590. The van der Waals surface area contributed by atoms with Crippen LogP contribution in [0.4, 0.5) is 27.6 Å². The molecule has 0 aliphatic carbocycles. The lowest BCUT2D eigenvalue weighted by molar-refractivity contribution is -0.159. The molecule has 110 valence electrons. The minimum Gasteiger partial charge on any atom is -0.383 e. The highest BCUT2D eigenvalue weighted by Gasteiger charge is 2.38. The van der Waals surface area contributed by atoms with Gasteiger partial charge in [-0.15, -0.1) is 12.4 Å². The van der Waals surface area contributed by atoms with E-state index in [9.17, 15) is 22.0 Å². The summed E-state index contributed by atoms with van der Waals surface area (Å²) in [6.07, 6.45) is -4.81. The standard InChI is InChI=1S/C10H6F5N3O.ClH/c1-16-7-5(11)2-4(3-6(7)12)8-17-9(19-18-8)10(13,14)15;/h2-3,16H,1H3;1H. The number of nitrogens with one attached hydrogen (secondary N) is 1. The average Bonchev–Trinajstić information content (AvgIpc) is 2.77. The van der Waals surface area contributed by atoms with E-state index in [0.29, 0.717) is 0 Å². The van der Waals surface area contributed by atoms with E-state index in [0.717, 1.165) is 12.1 Å². The molecule has 20 heavy (non-hydrogen) atoms. The van der Waals surface area contributed by atoms with Crippen molar-refractivity contribution in [1.82, 2.24) is 10.1 Å². The fraction of sp³-hybridized carbons (Fsp3) is 0.200. The molecule has 0 amide bonds. The maximum absolute atomic E-state index is 13.4. The lowest BCUT2D eigenvalue weighted by Gasteiger charge is -2.04. The molecule has 0 aliphatic rings. The van der Waals surface area contributed by atoms with Crippen molar-refractivity contribution in [1.29, 1.82) is 0 Å². The Balaban J connectivity index is 0.00000200. The van der Waals surface area contributed by atoms with Crippen molar-refractivity contribution < 1.29 is 26.5 Å². The van der Waals surface area contributed by atoms with Crippen LogP contribution < -0.4 is 5.32 Å². The molecule has 1 heterocycles. The van der Waals surface area contributed by atoms with Gasteiger partial charge in [-0.25, -0.2) is 8.78 Å². The van der Waals surface area contributed by atoms with Crippen LogP contribution in [0.15, 0.2) is 16.7 Å². The summed E-state index contributed by atoms with van der Waals surface area (Å²) in [5, 5.41) is 5.31. The first-order valence-corrected chi connectivity index (χ1v) is 4.91. The number of hydrogen-bond donors (Lipinski definition) is 1. The van der Waals surface area contributed by atoms with Crippen molar-refractivity contribution in [2.75, 3.05) is 12.4 Å². The van der Waals surface area contributed by atoms with E-state index in [1.165, 1.54) is 7.05 Å². The lowest BCUT2D eigenvalue weighted by Crippen LogP contribution is -2.05. The third-order valence-electron chi connectivity index (χ3n) is 2.22. The van der Waals surface area contributed by atoms with Crippen molar-refractivity contribution in [2.45, 2.75) is 6.18 Å². The van der Waals surface area contributed by atoms with Gasteiger partial charge in [0, 0.05) is 12.6 Å². The topological polar surface area (TPSA) is 51.0 Å². The predicted molar refractivity (Wildman–Crippen MR) is 61.4 cm³/mol. The van der Waals surface area contributed by atoms with Crippen LogP contribution in [0.1, 0.15) is 5.89 Å². The van der Waals surface area contributed by atoms with E-state index in [-0.39, 0.29) is 18.0 Å². The highest BCUT2D eigenvalue weighted by atomic mass is 35.5. The second-order valence-electron chi connectivity index (χ2n) is 3.49. The first kappa shape index (κ1) is 16.2. The van der Waals surface area contributed by atoms with Crippen molar-refractivity contribution in [3.8, 4) is 11.4 Å². The first-order chi connectivity index (χ1) is 8.82. The van der Waals surface area contributed by atoms with Gasteiger partial charge in [-0.2, -0.15) is 18.2 Å². The summed E-state index contributed by atoms with van der Waals surface area (Å²) in [6.45, 7) is 0. The summed E-state index contributed by atoms with van der Waals surface area (Å²) in [5.41, 5.74) is -0.656. The van der Waals surface area contributed by atoms with E-state index in [2.05, 4.69) is 20.0 Å². The van der Waals surface area contributed by atoms with Crippen LogP contribution in [0.3, 0.4) is 0 Å². The van der Waals surface area contributed by atoms with Gasteiger partial charge in [-0.1, -0.05) is 5.16 Å². The number of benzene rings is 1. The summed E-state index contributed by atoms with van der Waals surface area (Å²) in [5.74, 6) is -4.08. The van der Waals surface area contributed by atoms with Crippen LogP contribution in [0.5, 0.6) is 0 Å². The minimum absolute atomic E-state index is 0. The Morgan fingerprint density at radius 2 is 1.70 bits per heavy atom. The normalized spacial score (nSPS) is 11.1. The van der Waals surface area contributed by atoms with Gasteiger partial charge in [0.25, 0.3) is 0 Å². The molecule has 2 aromatic rings. The second kappa shape index (κ2) is 5.61. The van der Waals surface area contributed by atoms with Gasteiger partial charge in [0.15, 0.2) is 0 Å². The molecule has 10 heteroatoms. The van der Waals surface area contributed by atoms with E-state index in [4.69, 9.17) is 0 Å². The summed E-state index contributed by atoms with van der Waals surface area (Å²) in [6, 6.07) is 1.61. The van der Waals surface area contributed by atoms with Crippen molar-refractivity contribution in [3.05, 3.63) is 29.7 Å².